The van der Waals surface area contributed by atoms with Crippen molar-refractivity contribution in [1.29, 1.82) is 0 Å². The van der Waals surface area contributed by atoms with Gasteiger partial charge in [-0.3, -0.25) is 9.69 Å². The fraction of sp³-hybridized carbons (Fsp3) is 0.474. The lowest BCUT2D eigenvalue weighted by Crippen LogP contribution is -2.34. The van der Waals surface area contributed by atoms with Crippen LogP contribution < -0.4 is 0 Å². The van der Waals surface area contributed by atoms with Gasteiger partial charge in [-0.05, 0) is 38.7 Å². The molecule has 0 radical (unpaired) electrons. The van der Waals surface area contributed by atoms with Gasteiger partial charge in [0.25, 0.3) is 11.8 Å². The predicted molar refractivity (Wildman–Crippen MR) is 111 cm³/mol. The quantitative estimate of drug-likeness (QED) is 0.565. The van der Waals surface area contributed by atoms with Crippen molar-refractivity contribution in [2.24, 2.45) is 0 Å². The Morgan fingerprint density at radius 2 is 2.03 bits per heavy atom. The standard InChI is InChI=1S/C19H23N5O3S2/c1-12-17(13(2)26-21-12)18-20-15(22-27-18)11-23-7-4-8-24(10-9-23)19(25)14-5-6-16(28-3)29-14/h5-6H,4,7-11H2,1-3H3. The van der Waals surface area contributed by atoms with Crippen molar-refractivity contribution in [1.82, 2.24) is 25.1 Å². The highest BCUT2D eigenvalue weighted by atomic mass is 32.2. The first-order valence-corrected chi connectivity index (χ1v) is 11.5. The monoisotopic (exact) mass is 433 g/mol. The zero-order valence-corrected chi connectivity index (χ0v) is 18.3. The third-order valence-corrected chi connectivity index (χ3v) is 7.11. The highest BCUT2D eigenvalue weighted by molar-refractivity contribution is 8.00. The number of aryl methyl sites for hydroxylation is 2. The molecule has 29 heavy (non-hydrogen) atoms. The number of thioether (sulfide) groups is 1. The molecule has 0 saturated carbocycles. The average Bonchev–Trinajstić information content (AvgIpc) is 3.40. The van der Waals surface area contributed by atoms with Crippen molar-refractivity contribution < 1.29 is 13.8 Å². The highest BCUT2D eigenvalue weighted by Crippen LogP contribution is 2.27. The van der Waals surface area contributed by atoms with Crippen molar-refractivity contribution >= 4 is 29.0 Å². The van der Waals surface area contributed by atoms with Crippen LogP contribution in [0.1, 0.15) is 33.4 Å². The van der Waals surface area contributed by atoms with Crippen LogP contribution in [0.15, 0.2) is 25.4 Å². The Balaban J connectivity index is 1.37. The van der Waals surface area contributed by atoms with Crippen molar-refractivity contribution in [3.63, 3.8) is 0 Å². The highest BCUT2D eigenvalue weighted by Gasteiger charge is 2.23. The molecule has 1 fully saturated rings. The molecule has 1 aliphatic rings. The molecule has 0 aromatic carbocycles. The number of nitrogens with zero attached hydrogens (tertiary/aromatic N) is 5. The first kappa shape index (κ1) is 20.1. The summed E-state index contributed by atoms with van der Waals surface area (Å²) in [5.41, 5.74) is 1.50. The van der Waals surface area contributed by atoms with Crippen LogP contribution >= 0.6 is 23.1 Å². The Bertz CT molecular complexity index is 976. The lowest BCUT2D eigenvalue weighted by molar-refractivity contribution is 0.0765. The van der Waals surface area contributed by atoms with Crippen LogP contribution in [0.4, 0.5) is 0 Å². The second kappa shape index (κ2) is 8.68. The second-order valence-corrected chi connectivity index (χ2v) is 9.15. The summed E-state index contributed by atoms with van der Waals surface area (Å²) in [6.07, 6.45) is 2.94. The Labute approximate surface area is 177 Å². The molecule has 3 aromatic heterocycles. The molecule has 8 nitrogen and oxygen atoms in total. The smallest absolute Gasteiger partial charge is 0.264 e. The van der Waals surface area contributed by atoms with E-state index in [-0.39, 0.29) is 5.91 Å². The molecule has 0 atom stereocenters. The lowest BCUT2D eigenvalue weighted by Gasteiger charge is -2.20. The third kappa shape index (κ3) is 4.39. The molecule has 0 unspecified atom stereocenters. The molecule has 0 N–H and O–H groups in total. The summed E-state index contributed by atoms with van der Waals surface area (Å²) in [6.45, 7) is 7.39. The Morgan fingerprint density at radius 1 is 1.17 bits per heavy atom. The van der Waals surface area contributed by atoms with Crippen molar-refractivity contribution in [3.05, 3.63) is 34.3 Å². The van der Waals surface area contributed by atoms with Crippen LogP contribution in [0.5, 0.6) is 0 Å². The molecule has 154 valence electrons. The molecule has 10 heteroatoms. The molecular formula is C19H23N5O3S2. The maximum atomic E-state index is 12.8. The number of hydrogen-bond donors (Lipinski definition) is 0. The number of hydrogen-bond acceptors (Lipinski definition) is 9. The van der Waals surface area contributed by atoms with Gasteiger partial charge >= 0.3 is 0 Å². The summed E-state index contributed by atoms with van der Waals surface area (Å²) >= 11 is 3.23. The number of amides is 1. The first-order chi connectivity index (χ1) is 14.0. The molecule has 0 bridgehead atoms. The average molecular weight is 434 g/mol. The molecule has 4 heterocycles. The van der Waals surface area contributed by atoms with Crippen LogP contribution in [-0.4, -0.2) is 63.4 Å². The van der Waals surface area contributed by atoms with Crippen LogP contribution in [0.25, 0.3) is 11.5 Å². The van der Waals surface area contributed by atoms with E-state index in [1.54, 1.807) is 23.1 Å². The molecule has 1 amide bonds. The van der Waals surface area contributed by atoms with Crippen LogP contribution in [0.2, 0.25) is 0 Å². The maximum Gasteiger partial charge on any atom is 0.264 e. The number of thiophene rings is 1. The molecule has 1 aliphatic heterocycles. The van der Waals surface area contributed by atoms with E-state index in [4.69, 9.17) is 9.05 Å². The van der Waals surface area contributed by atoms with E-state index >= 15 is 0 Å². The van der Waals surface area contributed by atoms with E-state index in [2.05, 4.69) is 20.2 Å². The van der Waals surface area contributed by atoms with Gasteiger partial charge in [0.15, 0.2) is 5.82 Å². The fourth-order valence-electron chi connectivity index (χ4n) is 3.44. The summed E-state index contributed by atoms with van der Waals surface area (Å²) in [5, 5.41) is 8.05. The maximum absolute atomic E-state index is 12.8. The number of aromatic nitrogens is 3. The Hall–Kier alpha value is -2.17. The number of rotatable bonds is 5. The number of carbonyl (C=O) groups excluding carboxylic acids is 1. The van der Waals surface area contributed by atoms with Gasteiger partial charge in [0.1, 0.15) is 11.3 Å². The zero-order valence-electron chi connectivity index (χ0n) is 16.7. The summed E-state index contributed by atoms with van der Waals surface area (Å²) in [6, 6.07) is 3.94. The van der Waals surface area contributed by atoms with Crippen LogP contribution in [0.3, 0.4) is 0 Å². The van der Waals surface area contributed by atoms with Gasteiger partial charge in [-0.25, -0.2) is 0 Å². The van der Waals surface area contributed by atoms with E-state index < -0.39 is 0 Å². The van der Waals surface area contributed by atoms with Crippen molar-refractivity contribution in [2.45, 2.75) is 31.0 Å². The van der Waals surface area contributed by atoms with Gasteiger partial charge in [-0.1, -0.05) is 10.3 Å². The van der Waals surface area contributed by atoms with E-state index in [9.17, 15) is 4.79 Å². The minimum atomic E-state index is 0.123. The normalized spacial score (nSPS) is 15.6. The molecule has 0 spiro atoms. The minimum absolute atomic E-state index is 0.123. The molecule has 3 aromatic rings. The third-order valence-electron chi connectivity index (χ3n) is 4.95. The first-order valence-electron chi connectivity index (χ1n) is 9.46. The summed E-state index contributed by atoms with van der Waals surface area (Å²) < 4.78 is 11.8. The largest absolute Gasteiger partial charge is 0.361 e. The van der Waals surface area contributed by atoms with Crippen molar-refractivity contribution in [2.75, 3.05) is 32.4 Å². The van der Waals surface area contributed by atoms with Gasteiger partial charge < -0.3 is 13.9 Å². The molecular weight excluding hydrogens is 410 g/mol. The van der Waals surface area contributed by atoms with Gasteiger partial charge in [-0.15, -0.1) is 23.1 Å². The summed E-state index contributed by atoms with van der Waals surface area (Å²) in [4.78, 5) is 22.3. The van der Waals surface area contributed by atoms with Gasteiger partial charge in [-0.2, -0.15) is 4.98 Å². The summed E-state index contributed by atoms with van der Waals surface area (Å²) in [7, 11) is 0. The van der Waals surface area contributed by atoms with E-state index in [1.807, 2.05) is 37.1 Å². The fourth-order valence-corrected chi connectivity index (χ4v) is 4.95. The summed E-state index contributed by atoms with van der Waals surface area (Å²) in [5.74, 6) is 1.85. The molecule has 4 rings (SSSR count). The molecule has 1 saturated heterocycles. The topological polar surface area (TPSA) is 88.5 Å². The lowest BCUT2D eigenvalue weighted by atomic mass is 10.2. The predicted octanol–water partition coefficient (Wildman–Crippen LogP) is 3.47. The molecule has 0 aliphatic carbocycles. The zero-order chi connectivity index (χ0) is 20.4. The van der Waals surface area contributed by atoms with E-state index in [1.165, 1.54) is 0 Å². The number of carbonyl (C=O) groups is 1. The van der Waals surface area contributed by atoms with Gasteiger partial charge in [0.2, 0.25) is 0 Å². The van der Waals surface area contributed by atoms with E-state index in [0.717, 1.165) is 46.4 Å². The van der Waals surface area contributed by atoms with E-state index in [0.29, 0.717) is 30.6 Å². The van der Waals surface area contributed by atoms with Crippen molar-refractivity contribution in [3.8, 4) is 11.5 Å². The SMILES string of the molecule is CSc1ccc(C(=O)N2CCCN(Cc3noc(-c4c(C)noc4C)n3)CC2)s1. The second-order valence-electron chi connectivity index (χ2n) is 6.96. The van der Waals surface area contributed by atoms with Gasteiger partial charge in [0.05, 0.1) is 21.3 Å². The Kier molecular flexibility index (Phi) is 6.02. The minimum Gasteiger partial charge on any atom is -0.361 e. The Morgan fingerprint density at radius 3 is 2.76 bits per heavy atom. The van der Waals surface area contributed by atoms with Crippen LogP contribution in [0, 0.1) is 13.8 Å². The van der Waals surface area contributed by atoms with Crippen LogP contribution in [-0.2, 0) is 6.54 Å². The van der Waals surface area contributed by atoms with Gasteiger partial charge in [0, 0.05) is 26.2 Å².